The zero-order chi connectivity index (χ0) is 19.1. The third-order valence-electron chi connectivity index (χ3n) is 5.65. The van der Waals surface area contributed by atoms with Crippen LogP contribution >= 0.6 is 11.6 Å². The first kappa shape index (κ1) is 18.0. The van der Waals surface area contributed by atoms with Gasteiger partial charge in [0.25, 0.3) is 5.91 Å². The minimum absolute atomic E-state index is 0.0184. The summed E-state index contributed by atoms with van der Waals surface area (Å²) >= 11 is 6.24. The molecule has 142 valence electrons. The Labute approximate surface area is 161 Å². The predicted octanol–water partition coefficient (Wildman–Crippen LogP) is 3.09. The standard InChI is InChI=1S/C19H21ClN4O3/c1-11-21-17(22-24(11)15-9-5-3-7-13(15)20)18(25)23-14-8-4-2-6-12(14)10-16(23)19(26)27/h3,5,7,9,12,14,16H,2,4,6,8,10H2,1H3,(H,26,27)/t12-,14-,16+/m1/s1. The zero-order valence-electron chi connectivity index (χ0n) is 15.0. The van der Waals surface area contributed by atoms with Gasteiger partial charge in [0.2, 0.25) is 5.82 Å². The Morgan fingerprint density at radius 3 is 2.70 bits per heavy atom. The van der Waals surface area contributed by atoms with Crippen molar-refractivity contribution in [1.29, 1.82) is 0 Å². The number of nitrogens with zero attached hydrogens (tertiary/aromatic N) is 4. The van der Waals surface area contributed by atoms with Gasteiger partial charge < -0.3 is 10.0 Å². The lowest BCUT2D eigenvalue weighted by Crippen LogP contribution is -2.46. The number of amides is 1. The molecule has 0 radical (unpaired) electrons. The molecule has 1 saturated heterocycles. The van der Waals surface area contributed by atoms with Gasteiger partial charge in [-0.15, -0.1) is 5.10 Å². The van der Waals surface area contributed by atoms with Gasteiger partial charge in [-0.3, -0.25) is 4.79 Å². The quantitative estimate of drug-likeness (QED) is 0.872. The number of hydrogen-bond donors (Lipinski definition) is 1. The van der Waals surface area contributed by atoms with Crippen molar-refractivity contribution in [2.45, 2.75) is 51.1 Å². The normalized spacial score (nSPS) is 24.7. The first-order valence-electron chi connectivity index (χ1n) is 9.21. The van der Waals surface area contributed by atoms with Crippen LogP contribution in [-0.2, 0) is 4.79 Å². The Morgan fingerprint density at radius 1 is 1.22 bits per heavy atom. The SMILES string of the molecule is Cc1nc(C(=O)N2[C@@H]3CCCC[C@@H]3C[C@H]2C(=O)O)nn1-c1ccccc1Cl. The van der Waals surface area contributed by atoms with Crippen LogP contribution in [-0.4, -0.2) is 48.7 Å². The van der Waals surface area contributed by atoms with Crippen molar-refractivity contribution in [2.75, 3.05) is 0 Å². The summed E-state index contributed by atoms with van der Waals surface area (Å²) in [6.45, 7) is 1.75. The van der Waals surface area contributed by atoms with Crippen LogP contribution in [0.3, 0.4) is 0 Å². The van der Waals surface area contributed by atoms with E-state index in [9.17, 15) is 14.7 Å². The van der Waals surface area contributed by atoms with Crippen LogP contribution in [0.4, 0.5) is 0 Å². The van der Waals surface area contributed by atoms with Gasteiger partial charge >= 0.3 is 5.97 Å². The highest BCUT2D eigenvalue weighted by atomic mass is 35.5. The van der Waals surface area contributed by atoms with E-state index in [0.717, 1.165) is 25.7 Å². The van der Waals surface area contributed by atoms with E-state index < -0.39 is 17.9 Å². The molecule has 1 N–H and O–H groups in total. The molecule has 2 fully saturated rings. The number of halogens is 1. The minimum Gasteiger partial charge on any atom is -0.480 e. The molecule has 1 amide bonds. The smallest absolute Gasteiger partial charge is 0.326 e. The molecule has 0 bridgehead atoms. The molecule has 8 heteroatoms. The lowest BCUT2D eigenvalue weighted by atomic mass is 9.85. The molecular weight excluding hydrogens is 368 g/mol. The van der Waals surface area contributed by atoms with Gasteiger partial charge in [0.05, 0.1) is 10.7 Å². The van der Waals surface area contributed by atoms with E-state index in [1.54, 1.807) is 19.1 Å². The number of para-hydroxylation sites is 1. The summed E-state index contributed by atoms with van der Waals surface area (Å²) in [4.78, 5) is 30.8. The summed E-state index contributed by atoms with van der Waals surface area (Å²) in [5, 5.41) is 14.5. The van der Waals surface area contributed by atoms with Gasteiger partial charge in [0.1, 0.15) is 11.9 Å². The van der Waals surface area contributed by atoms with E-state index in [1.165, 1.54) is 9.58 Å². The van der Waals surface area contributed by atoms with E-state index in [4.69, 9.17) is 11.6 Å². The number of fused-ring (bicyclic) bond motifs is 1. The number of aromatic nitrogens is 3. The van der Waals surface area contributed by atoms with E-state index >= 15 is 0 Å². The van der Waals surface area contributed by atoms with Crippen LogP contribution in [0.15, 0.2) is 24.3 Å². The van der Waals surface area contributed by atoms with Crippen LogP contribution in [0.2, 0.25) is 5.02 Å². The van der Waals surface area contributed by atoms with Crippen molar-refractivity contribution in [3.63, 3.8) is 0 Å². The van der Waals surface area contributed by atoms with E-state index in [-0.39, 0.29) is 17.8 Å². The number of hydrogen-bond acceptors (Lipinski definition) is 4. The van der Waals surface area contributed by atoms with Crippen molar-refractivity contribution < 1.29 is 14.7 Å². The highest BCUT2D eigenvalue weighted by Crippen LogP contribution is 2.40. The maximum Gasteiger partial charge on any atom is 0.326 e. The average Bonchev–Trinajstić information content (AvgIpc) is 3.22. The first-order valence-corrected chi connectivity index (χ1v) is 9.59. The van der Waals surface area contributed by atoms with Crippen molar-refractivity contribution in [2.24, 2.45) is 5.92 Å². The fraction of sp³-hybridized carbons (Fsp3) is 0.474. The number of rotatable bonds is 3. The molecule has 0 spiro atoms. The molecule has 0 unspecified atom stereocenters. The van der Waals surface area contributed by atoms with Gasteiger partial charge in [0.15, 0.2) is 0 Å². The van der Waals surface area contributed by atoms with Crippen LogP contribution < -0.4 is 0 Å². The molecule has 3 atom stereocenters. The Balaban J connectivity index is 1.69. The number of carbonyl (C=O) groups is 2. The average molecular weight is 389 g/mol. The number of aliphatic carboxylic acids is 1. The van der Waals surface area contributed by atoms with Crippen LogP contribution in [0.25, 0.3) is 5.69 Å². The summed E-state index contributed by atoms with van der Waals surface area (Å²) in [5.74, 6) is -0.580. The second-order valence-electron chi connectivity index (χ2n) is 7.26. The second-order valence-corrected chi connectivity index (χ2v) is 7.67. The highest BCUT2D eigenvalue weighted by Gasteiger charge is 2.48. The minimum atomic E-state index is -0.958. The number of benzene rings is 1. The largest absolute Gasteiger partial charge is 0.480 e. The molecule has 1 aromatic heterocycles. The van der Waals surface area contributed by atoms with E-state index in [0.29, 0.717) is 23.0 Å². The summed E-state index contributed by atoms with van der Waals surface area (Å²) < 4.78 is 1.53. The number of aryl methyl sites for hydroxylation is 1. The lowest BCUT2D eigenvalue weighted by Gasteiger charge is -2.32. The maximum atomic E-state index is 13.2. The van der Waals surface area contributed by atoms with Gasteiger partial charge in [-0.2, -0.15) is 0 Å². The number of carboxylic acids is 1. The number of likely N-dealkylation sites (tertiary alicyclic amines) is 1. The van der Waals surface area contributed by atoms with E-state index in [2.05, 4.69) is 10.1 Å². The van der Waals surface area contributed by atoms with Crippen molar-refractivity contribution in [1.82, 2.24) is 19.7 Å². The molecule has 1 aliphatic carbocycles. The fourth-order valence-electron chi connectivity index (χ4n) is 4.42. The molecule has 1 aromatic carbocycles. The molecule has 27 heavy (non-hydrogen) atoms. The molecule has 2 aliphatic rings. The summed E-state index contributed by atoms with van der Waals surface area (Å²) in [5.41, 5.74) is 0.634. The molecule has 1 aliphatic heterocycles. The molecule has 2 aromatic rings. The van der Waals surface area contributed by atoms with Gasteiger partial charge in [-0.25, -0.2) is 14.5 Å². The molecular formula is C19H21ClN4O3. The maximum absolute atomic E-state index is 13.2. The second kappa shape index (κ2) is 6.96. The van der Waals surface area contributed by atoms with Crippen LogP contribution in [0.1, 0.15) is 48.5 Å². The topological polar surface area (TPSA) is 88.3 Å². The van der Waals surface area contributed by atoms with Crippen molar-refractivity contribution in [3.05, 3.63) is 40.9 Å². The third-order valence-corrected chi connectivity index (χ3v) is 5.97. The monoisotopic (exact) mass is 388 g/mol. The Bertz CT molecular complexity index is 897. The summed E-state index contributed by atoms with van der Waals surface area (Å²) in [6.07, 6.45) is 4.42. The van der Waals surface area contributed by atoms with Crippen LogP contribution in [0, 0.1) is 12.8 Å². The fourth-order valence-corrected chi connectivity index (χ4v) is 4.64. The van der Waals surface area contributed by atoms with Gasteiger partial charge in [0, 0.05) is 6.04 Å². The first-order chi connectivity index (χ1) is 13.0. The highest BCUT2D eigenvalue weighted by molar-refractivity contribution is 6.32. The Kier molecular flexibility index (Phi) is 4.63. The number of carbonyl (C=O) groups excluding carboxylic acids is 1. The predicted molar refractivity (Wildman–Crippen MR) is 99.1 cm³/mol. The summed E-state index contributed by atoms with van der Waals surface area (Å²) in [7, 11) is 0. The lowest BCUT2D eigenvalue weighted by molar-refractivity contribution is -0.141. The van der Waals surface area contributed by atoms with Crippen molar-refractivity contribution >= 4 is 23.5 Å². The van der Waals surface area contributed by atoms with E-state index in [1.807, 2.05) is 12.1 Å². The number of carboxylic acid groups (broad SMARTS) is 1. The molecule has 2 heterocycles. The van der Waals surface area contributed by atoms with Gasteiger partial charge in [-0.1, -0.05) is 36.6 Å². The summed E-state index contributed by atoms with van der Waals surface area (Å²) in [6, 6.07) is 6.34. The Morgan fingerprint density at radius 2 is 1.96 bits per heavy atom. The third kappa shape index (κ3) is 3.10. The van der Waals surface area contributed by atoms with Crippen LogP contribution in [0.5, 0.6) is 0 Å². The molecule has 4 rings (SSSR count). The molecule has 7 nitrogen and oxygen atoms in total. The zero-order valence-corrected chi connectivity index (χ0v) is 15.8. The Hall–Kier alpha value is -2.41. The van der Waals surface area contributed by atoms with Crippen molar-refractivity contribution in [3.8, 4) is 5.69 Å². The molecule has 1 saturated carbocycles. The van der Waals surface area contributed by atoms with Gasteiger partial charge in [-0.05, 0) is 44.2 Å².